The minimum absolute atomic E-state index is 0.0982. The van der Waals surface area contributed by atoms with Gasteiger partial charge in [0.15, 0.2) is 0 Å². The van der Waals surface area contributed by atoms with Gasteiger partial charge in [0.05, 0.1) is 9.95 Å². The van der Waals surface area contributed by atoms with Gasteiger partial charge in [-0.05, 0) is 18.2 Å². The number of rotatable bonds is 2. The van der Waals surface area contributed by atoms with E-state index in [1.165, 1.54) is 6.07 Å². The minimum Gasteiger partial charge on any atom is -0.258 e. The molecule has 0 saturated carbocycles. The van der Waals surface area contributed by atoms with Crippen LogP contribution in [0.15, 0.2) is 30.3 Å². The van der Waals surface area contributed by atoms with Crippen molar-refractivity contribution in [3.8, 4) is 10.4 Å². The summed E-state index contributed by atoms with van der Waals surface area (Å²) in [7, 11) is 0. The molecule has 0 saturated heterocycles. The van der Waals surface area contributed by atoms with Gasteiger partial charge in [0.2, 0.25) is 0 Å². The maximum absolute atomic E-state index is 10.5. The average molecular weight is 274 g/mol. The molecule has 0 radical (unpaired) electrons. The molecule has 1 aromatic carbocycles. The van der Waals surface area contributed by atoms with Gasteiger partial charge in [0, 0.05) is 21.5 Å². The van der Waals surface area contributed by atoms with Crippen LogP contribution in [0.4, 0.5) is 5.00 Å². The van der Waals surface area contributed by atoms with Crippen molar-refractivity contribution in [1.29, 1.82) is 0 Å². The Morgan fingerprint density at radius 1 is 1.19 bits per heavy atom. The summed E-state index contributed by atoms with van der Waals surface area (Å²) in [5.74, 6) is 0. The summed E-state index contributed by atoms with van der Waals surface area (Å²) in [4.78, 5) is 10.9. The van der Waals surface area contributed by atoms with Gasteiger partial charge in [-0.25, -0.2) is 0 Å². The molecule has 0 N–H and O–H groups in total. The fourth-order valence-corrected chi connectivity index (χ4v) is 2.69. The lowest BCUT2D eigenvalue weighted by molar-refractivity contribution is -0.380. The van der Waals surface area contributed by atoms with Gasteiger partial charge < -0.3 is 0 Å². The van der Waals surface area contributed by atoms with Crippen LogP contribution in [0, 0.1) is 10.1 Å². The highest BCUT2D eigenvalue weighted by atomic mass is 35.5. The number of benzene rings is 1. The normalized spacial score (nSPS) is 10.4. The van der Waals surface area contributed by atoms with E-state index in [4.69, 9.17) is 23.2 Å². The molecule has 0 aliphatic rings. The monoisotopic (exact) mass is 273 g/mol. The quantitative estimate of drug-likeness (QED) is 0.591. The molecule has 16 heavy (non-hydrogen) atoms. The van der Waals surface area contributed by atoms with Gasteiger partial charge in [-0.3, -0.25) is 10.1 Å². The second-order valence-electron chi connectivity index (χ2n) is 3.02. The van der Waals surface area contributed by atoms with Crippen molar-refractivity contribution in [2.75, 3.05) is 0 Å². The van der Waals surface area contributed by atoms with Gasteiger partial charge >= 0.3 is 5.00 Å². The van der Waals surface area contributed by atoms with Crippen molar-refractivity contribution in [3.05, 3.63) is 50.5 Å². The predicted octanol–water partition coefficient (Wildman–Crippen LogP) is 4.63. The largest absolute Gasteiger partial charge is 0.324 e. The maximum Gasteiger partial charge on any atom is 0.324 e. The smallest absolute Gasteiger partial charge is 0.258 e. The van der Waals surface area contributed by atoms with Crippen LogP contribution in [0.5, 0.6) is 0 Å². The van der Waals surface area contributed by atoms with Gasteiger partial charge in [-0.1, -0.05) is 40.6 Å². The molecule has 6 heteroatoms. The van der Waals surface area contributed by atoms with Crippen LogP contribution in [0.25, 0.3) is 10.4 Å². The third-order valence-electron chi connectivity index (χ3n) is 1.97. The Balaban J connectivity index is 2.46. The van der Waals surface area contributed by atoms with Crippen molar-refractivity contribution in [1.82, 2.24) is 0 Å². The zero-order chi connectivity index (χ0) is 11.7. The first-order valence-electron chi connectivity index (χ1n) is 4.27. The second kappa shape index (κ2) is 4.41. The first kappa shape index (κ1) is 11.4. The molecule has 0 bridgehead atoms. The van der Waals surface area contributed by atoms with E-state index in [2.05, 4.69) is 0 Å². The third-order valence-corrected chi connectivity index (χ3v) is 3.59. The zero-order valence-corrected chi connectivity index (χ0v) is 10.1. The standard InChI is InChI=1S/C10H5Cl2NO2S/c11-6-1-2-7(8(12)5-6)9-3-4-10(16-9)13(14)15/h1-5H. The first-order chi connectivity index (χ1) is 7.58. The Bertz CT molecular complexity index is 554. The van der Waals surface area contributed by atoms with E-state index < -0.39 is 4.92 Å². The average Bonchev–Trinajstić information content (AvgIpc) is 2.66. The van der Waals surface area contributed by atoms with Crippen molar-refractivity contribution >= 4 is 39.5 Å². The third kappa shape index (κ3) is 2.19. The van der Waals surface area contributed by atoms with E-state index in [1.807, 2.05) is 0 Å². The molecule has 0 amide bonds. The Labute approximate surface area is 105 Å². The lowest BCUT2D eigenvalue weighted by Gasteiger charge is -2.00. The summed E-state index contributed by atoms with van der Waals surface area (Å²) in [6.07, 6.45) is 0. The second-order valence-corrected chi connectivity index (χ2v) is 4.93. The fourth-order valence-electron chi connectivity index (χ4n) is 1.26. The van der Waals surface area contributed by atoms with Crippen LogP contribution < -0.4 is 0 Å². The van der Waals surface area contributed by atoms with Gasteiger partial charge in [-0.2, -0.15) is 0 Å². The van der Waals surface area contributed by atoms with E-state index in [-0.39, 0.29) is 5.00 Å². The number of nitro groups is 1. The molecule has 0 aliphatic heterocycles. The predicted molar refractivity (Wildman–Crippen MR) is 66.4 cm³/mol. The molecular weight excluding hydrogens is 269 g/mol. The summed E-state index contributed by atoms with van der Waals surface area (Å²) >= 11 is 12.9. The lowest BCUT2D eigenvalue weighted by atomic mass is 10.2. The minimum atomic E-state index is -0.419. The highest BCUT2D eigenvalue weighted by Crippen LogP contribution is 2.37. The van der Waals surface area contributed by atoms with Crippen LogP contribution in [0.1, 0.15) is 0 Å². The van der Waals surface area contributed by atoms with Gasteiger partial charge in [-0.15, -0.1) is 0 Å². The highest BCUT2D eigenvalue weighted by molar-refractivity contribution is 7.18. The van der Waals surface area contributed by atoms with Crippen molar-refractivity contribution in [3.63, 3.8) is 0 Å². The van der Waals surface area contributed by atoms with Crippen molar-refractivity contribution < 1.29 is 4.92 Å². The van der Waals surface area contributed by atoms with Crippen molar-refractivity contribution in [2.45, 2.75) is 0 Å². The Morgan fingerprint density at radius 2 is 1.94 bits per heavy atom. The molecule has 1 aromatic heterocycles. The number of hydrogen-bond donors (Lipinski definition) is 0. The molecule has 0 spiro atoms. The summed E-state index contributed by atoms with van der Waals surface area (Å²) in [5, 5.41) is 11.7. The summed E-state index contributed by atoms with van der Waals surface area (Å²) in [6.45, 7) is 0. The van der Waals surface area contributed by atoms with Crippen LogP contribution in [0.3, 0.4) is 0 Å². The number of thiophene rings is 1. The van der Waals surface area contributed by atoms with E-state index in [1.54, 1.807) is 24.3 Å². The summed E-state index contributed by atoms with van der Waals surface area (Å²) in [5.41, 5.74) is 0.754. The van der Waals surface area contributed by atoms with E-state index >= 15 is 0 Å². The Kier molecular flexibility index (Phi) is 3.14. The van der Waals surface area contributed by atoms with E-state index in [0.717, 1.165) is 21.8 Å². The zero-order valence-electron chi connectivity index (χ0n) is 7.81. The first-order valence-corrected chi connectivity index (χ1v) is 5.85. The van der Waals surface area contributed by atoms with Crippen LogP contribution >= 0.6 is 34.5 Å². The maximum atomic E-state index is 10.5. The topological polar surface area (TPSA) is 43.1 Å². The number of halogens is 2. The summed E-state index contributed by atoms with van der Waals surface area (Å²) in [6, 6.07) is 8.21. The molecule has 2 rings (SSSR count). The highest BCUT2D eigenvalue weighted by Gasteiger charge is 2.13. The molecule has 82 valence electrons. The van der Waals surface area contributed by atoms with Crippen LogP contribution in [-0.4, -0.2) is 4.92 Å². The van der Waals surface area contributed by atoms with Crippen LogP contribution in [0.2, 0.25) is 10.0 Å². The van der Waals surface area contributed by atoms with Gasteiger partial charge in [0.1, 0.15) is 0 Å². The molecule has 0 atom stereocenters. The Hall–Kier alpha value is -1.10. The fraction of sp³-hybridized carbons (Fsp3) is 0. The van der Waals surface area contributed by atoms with E-state index in [0.29, 0.717) is 10.0 Å². The van der Waals surface area contributed by atoms with Crippen molar-refractivity contribution in [2.24, 2.45) is 0 Å². The number of nitrogens with zero attached hydrogens (tertiary/aromatic N) is 1. The molecule has 3 nitrogen and oxygen atoms in total. The van der Waals surface area contributed by atoms with E-state index in [9.17, 15) is 10.1 Å². The molecule has 0 fully saturated rings. The number of hydrogen-bond acceptors (Lipinski definition) is 3. The molecule has 1 heterocycles. The molecule has 2 aromatic rings. The SMILES string of the molecule is O=[N+]([O-])c1ccc(-c2ccc(Cl)cc2Cl)s1. The molecular formula is C10H5Cl2NO2S. The molecule has 0 unspecified atom stereocenters. The van der Waals surface area contributed by atoms with Crippen LogP contribution in [-0.2, 0) is 0 Å². The van der Waals surface area contributed by atoms with Gasteiger partial charge in [0.25, 0.3) is 0 Å². The Morgan fingerprint density at radius 3 is 2.50 bits per heavy atom. The molecule has 0 aliphatic carbocycles. The lowest BCUT2D eigenvalue weighted by Crippen LogP contribution is -1.80. The summed E-state index contributed by atoms with van der Waals surface area (Å²) < 4.78 is 0.